The van der Waals surface area contributed by atoms with Crippen molar-refractivity contribution in [1.82, 2.24) is 30.0 Å². The number of rotatable bonds is 6. The standard InChI is InChI=1S/C23H26N6O3/c1-15-19(22(30)25-12-16-5-4-6-18(11-16)32-3)13-24-21(27-15)17-8-10-29(14-17)23(31)20-7-9-26-28(20)2/h4-7,9,11,13,17H,8,10,12,14H2,1-3H3,(H,25,30). The number of ether oxygens (including phenoxy) is 1. The molecule has 1 atom stereocenters. The van der Waals surface area contributed by atoms with Crippen molar-refractivity contribution in [2.75, 3.05) is 20.2 Å². The van der Waals surface area contributed by atoms with E-state index in [1.54, 1.807) is 49.1 Å². The van der Waals surface area contributed by atoms with Gasteiger partial charge in [-0.05, 0) is 37.1 Å². The summed E-state index contributed by atoms with van der Waals surface area (Å²) in [7, 11) is 3.36. The number of benzene rings is 1. The van der Waals surface area contributed by atoms with Gasteiger partial charge >= 0.3 is 0 Å². The summed E-state index contributed by atoms with van der Waals surface area (Å²) in [6, 6.07) is 9.26. The molecule has 1 aliphatic rings. The fraction of sp³-hybridized carbons (Fsp3) is 0.348. The largest absolute Gasteiger partial charge is 0.497 e. The van der Waals surface area contributed by atoms with Crippen LogP contribution in [0.15, 0.2) is 42.7 Å². The summed E-state index contributed by atoms with van der Waals surface area (Å²) in [5.74, 6) is 1.18. The lowest BCUT2D eigenvalue weighted by atomic mass is 10.1. The maximum atomic E-state index is 12.7. The Balaban J connectivity index is 1.39. The van der Waals surface area contributed by atoms with Crippen LogP contribution in [0, 0.1) is 6.92 Å². The van der Waals surface area contributed by atoms with E-state index in [1.807, 2.05) is 24.3 Å². The first kappa shape index (κ1) is 21.5. The van der Waals surface area contributed by atoms with Crippen LogP contribution in [0.1, 0.15) is 50.3 Å². The molecule has 166 valence electrons. The van der Waals surface area contributed by atoms with Crippen LogP contribution in [0.4, 0.5) is 0 Å². The van der Waals surface area contributed by atoms with Crippen LogP contribution < -0.4 is 10.1 Å². The molecular formula is C23H26N6O3. The van der Waals surface area contributed by atoms with Gasteiger partial charge in [-0.25, -0.2) is 9.97 Å². The van der Waals surface area contributed by atoms with Crippen molar-refractivity contribution in [3.05, 3.63) is 71.1 Å². The van der Waals surface area contributed by atoms with Crippen molar-refractivity contribution in [1.29, 1.82) is 0 Å². The maximum Gasteiger partial charge on any atom is 0.272 e. The second-order valence-corrected chi connectivity index (χ2v) is 7.84. The topological polar surface area (TPSA) is 102 Å². The van der Waals surface area contributed by atoms with E-state index in [9.17, 15) is 9.59 Å². The third-order valence-electron chi connectivity index (χ3n) is 5.71. The predicted octanol–water partition coefficient (Wildman–Crippen LogP) is 2.09. The van der Waals surface area contributed by atoms with Gasteiger partial charge in [-0.2, -0.15) is 5.10 Å². The van der Waals surface area contributed by atoms with Gasteiger partial charge in [-0.15, -0.1) is 0 Å². The number of nitrogens with zero attached hydrogens (tertiary/aromatic N) is 5. The van der Waals surface area contributed by atoms with Crippen molar-refractivity contribution in [3.8, 4) is 5.75 Å². The minimum Gasteiger partial charge on any atom is -0.497 e. The van der Waals surface area contributed by atoms with Crippen molar-refractivity contribution in [2.45, 2.75) is 25.8 Å². The first-order chi connectivity index (χ1) is 15.5. The molecule has 2 aromatic heterocycles. The molecule has 3 aromatic rings. The van der Waals surface area contributed by atoms with Gasteiger partial charge in [0.05, 0.1) is 18.4 Å². The Kier molecular flexibility index (Phi) is 6.16. The summed E-state index contributed by atoms with van der Waals surface area (Å²) in [4.78, 5) is 36.2. The third-order valence-corrected chi connectivity index (χ3v) is 5.71. The van der Waals surface area contributed by atoms with E-state index < -0.39 is 0 Å². The van der Waals surface area contributed by atoms with Crippen LogP contribution in [0.3, 0.4) is 0 Å². The van der Waals surface area contributed by atoms with E-state index >= 15 is 0 Å². The van der Waals surface area contributed by atoms with Gasteiger partial charge in [0.1, 0.15) is 17.3 Å². The molecule has 4 rings (SSSR count). The van der Waals surface area contributed by atoms with Crippen molar-refractivity contribution < 1.29 is 14.3 Å². The van der Waals surface area contributed by atoms with Gasteiger partial charge in [0.15, 0.2) is 0 Å². The minimum absolute atomic E-state index is 0.0415. The lowest BCUT2D eigenvalue weighted by Crippen LogP contribution is -2.30. The van der Waals surface area contributed by atoms with Crippen LogP contribution in [0.2, 0.25) is 0 Å². The SMILES string of the molecule is COc1cccc(CNC(=O)c2cnc(C3CCN(C(=O)c4ccnn4C)C3)nc2C)c1. The maximum absolute atomic E-state index is 12.7. The molecule has 0 spiro atoms. The quantitative estimate of drug-likeness (QED) is 0.637. The molecule has 9 heteroatoms. The van der Waals surface area contributed by atoms with E-state index in [1.165, 1.54) is 0 Å². The highest BCUT2D eigenvalue weighted by molar-refractivity contribution is 5.95. The highest BCUT2D eigenvalue weighted by Crippen LogP contribution is 2.26. The molecule has 0 radical (unpaired) electrons. The van der Waals surface area contributed by atoms with E-state index in [2.05, 4.69) is 20.4 Å². The lowest BCUT2D eigenvalue weighted by molar-refractivity contribution is 0.0779. The molecule has 32 heavy (non-hydrogen) atoms. The summed E-state index contributed by atoms with van der Waals surface area (Å²) in [5, 5.41) is 6.97. The van der Waals surface area contributed by atoms with E-state index in [0.29, 0.717) is 42.4 Å². The molecule has 1 unspecified atom stereocenters. The molecular weight excluding hydrogens is 408 g/mol. The number of methoxy groups -OCH3 is 1. The average Bonchev–Trinajstić information content (AvgIpc) is 3.46. The normalized spacial score (nSPS) is 15.6. The van der Waals surface area contributed by atoms with Gasteiger partial charge < -0.3 is 15.0 Å². The van der Waals surface area contributed by atoms with Crippen LogP contribution >= 0.6 is 0 Å². The first-order valence-electron chi connectivity index (χ1n) is 10.5. The van der Waals surface area contributed by atoms with Gasteiger partial charge in [0.2, 0.25) is 0 Å². The molecule has 0 bridgehead atoms. The number of carbonyl (C=O) groups is 2. The number of hydrogen-bond donors (Lipinski definition) is 1. The summed E-state index contributed by atoms with van der Waals surface area (Å²) < 4.78 is 6.79. The van der Waals surface area contributed by atoms with Crippen LogP contribution in [-0.2, 0) is 13.6 Å². The van der Waals surface area contributed by atoms with Crippen LogP contribution in [-0.4, -0.2) is 56.7 Å². The Morgan fingerprint density at radius 2 is 2.12 bits per heavy atom. The second kappa shape index (κ2) is 9.17. The molecule has 3 heterocycles. The summed E-state index contributed by atoms with van der Waals surface area (Å²) >= 11 is 0. The zero-order valence-corrected chi connectivity index (χ0v) is 18.4. The Labute approximate surface area is 186 Å². The number of aromatic nitrogens is 4. The zero-order valence-electron chi connectivity index (χ0n) is 18.4. The average molecular weight is 435 g/mol. The number of nitrogens with one attached hydrogen (secondary N) is 1. The fourth-order valence-electron chi connectivity index (χ4n) is 3.87. The predicted molar refractivity (Wildman–Crippen MR) is 117 cm³/mol. The van der Waals surface area contributed by atoms with E-state index in [-0.39, 0.29) is 17.7 Å². The molecule has 1 saturated heterocycles. The molecule has 1 aliphatic heterocycles. The number of hydrogen-bond acceptors (Lipinski definition) is 6. The van der Waals surface area contributed by atoms with Gasteiger partial charge in [-0.3, -0.25) is 14.3 Å². The highest BCUT2D eigenvalue weighted by atomic mass is 16.5. The fourth-order valence-corrected chi connectivity index (χ4v) is 3.87. The van der Waals surface area contributed by atoms with Crippen molar-refractivity contribution in [2.24, 2.45) is 7.05 Å². The second-order valence-electron chi connectivity index (χ2n) is 7.84. The number of carbonyl (C=O) groups excluding carboxylic acids is 2. The molecule has 1 aromatic carbocycles. The number of likely N-dealkylation sites (tertiary alicyclic amines) is 1. The summed E-state index contributed by atoms with van der Waals surface area (Å²) in [5.41, 5.74) is 2.56. The van der Waals surface area contributed by atoms with Gasteiger partial charge in [-0.1, -0.05) is 12.1 Å². The molecule has 9 nitrogen and oxygen atoms in total. The Hall–Kier alpha value is -3.75. The first-order valence-corrected chi connectivity index (χ1v) is 10.5. The molecule has 1 fully saturated rings. The van der Waals surface area contributed by atoms with Gasteiger partial charge in [0.25, 0.3) is 11.8 Å². The van der Waals surface area contributed by atoms with Crippen LogP contribution in [0.25, 0.3) is 0 Å². The lowest BCUT2D eigenvalue weighted by Gasteiger charge is -2.16. The number of amides is 2. The molecule has 0 saturated carbocycles. The van der Waals surface area contributed by atoms with E-state index in [0.717, 1.165) is 17.7 Å². The van der Waals surface area contributed by atoms with Gasteiger partial charge in [0, 0.05) is 45.0 Å². The third kappa shape index (κ3) is 4.46. The zero-order chi connectivity index (χ0) is 22.7. The smallest absolute Gasteiger partial charge is 0.272 e. The highest BCUT2D eigenvalue weighted by Gasteiger charge is 2.31. The summed E-state index contributed by atoms with van der Waals surface area (Å²) in [6.45, 7) is 3.37. The van der Waals surface area contributed by atoms with Crippen molar-refractivity contribution >= 4 is 11.8 Å². The molecule has 2 amide bonds. The molecule has 0 aliphatic carbocycles. The van der Waals surface area contributed by atoms with Crippen LogP contribution in [0.5, 0.6) is 5.75 Å². The minimum atomic E-state index is -0.226. The monoisotopic (exact) mass is 434 g/mol. The molecule has 1 N–H and O–H groups in total. The van der Waals surface area contributed by atoms with E-state index in [4.69, 9.17) is 4.74 Å². The Morgan fingerprint density at radius 1 is 1.28 bits per heavy atom. The Morgan fingerprint density at radius 3 is 2.84 bits per heavy atom. The Bertz CT molecular complexity index is 1140. The number of aryl methyl sites for hydroxylation is 2. The summed E-state index contributed by atoms with van der Waals surface area (Å²) in [6.07, 6.45) is 3.97. The van der Waals surface area contributed by atoms with Crippen molar-refractivity contribution in [3.63, 3.8) is 0 Å².